The summed E-state index contributed by atoms with van der Waals surface area (Å²) in [6.07, 6.45) is 1.66. The molecule has 2 aromatic carbocycles. The van der Waals surface area contributed by atoms with Crippen molar-refractivity contribution in [2.45, 2.75) is 19.9 Å². The van der Waals surface area contributed by atoms with Crippen LogP contribution in [-0.4, -0.2) is 44.2 Å². The van der Waals surface area contributed by atoms with Crippen LogP contribution in [0.1, 0.15) is 35.8 Å². The molecule has 0 aromatic heterocycles. The van der Waals surface area contributed by atoms with E-state index in [9.17, 15) is 4.79 Å². The molecule has 5 nitrogen and oxygen atoms in total. The highest BCUT2D eigenvalue weighted by Crippen LogP contribution is 2.28. The van der Waals surface area contributed by atoms with Crippen molar-refractivity contribution in [2.24, 2.45) is 0 Å². The van der Waals surface area contributed by atoms with Crippen molar-refractivity contribution in [1.82, 2.24) is 10.2 Å². The van der Waals surface area contributed by atoms with Crippen molar-refractivity contribution < 1.29 is 14.3 Å². The summed E-state index contributed by atoms with van der Waals surface area (Å²) in [4.78, 5) is 15.1. The minimum absolute atomic E-state index is 0.122. The average Bonchev–Trinajstić information content (AvgIpc) is 2.75. The normalized spacial score (nSPS) is 11.7. The number of ether oxygens (including phenoxy) is 2. The first-order valence-corrected chi connectivity index (χ1v) is 9.63. The van der Waals surface area contributed by atoms with Gasteiger partial charge in [0.05, 0.1) is 13.2 Å². The van der Waals surface area contributed by atoms with Crippen molar-refractivity contribution in [1.29, 1.82) is 0 Å². The highest BCUT2D eigenvalue weighted by Gasteiger charge is 2.19. The van der Waals surface area contributed by atoms with Crippen molar-refractivity contribution >= 4 is 5.91 Å². The number of likely N-dealkylation sites (N-methyl/N-ethyl adjacent to an activating group) is 1. The molecule has 2 rings (SSSR count). The van der Waals surface area contributed by atoms with E-state index in [-0.39, 0.29) is 11.9 Å². The van der Waals surface area contributed by atoms with Gasteiger partial charge in [0.25, 0.3) is 5.91 Å². The molecule has 0 fully saturated rings. The van der Waals surface area contributed by atoms with E-state index >= 15 is 0 Å². The molecule has 1 atom stereocenters. The first-order chi connectivity index (χ1) is 13.6. The maximum Gasteiger partial charge on any atom is 0.251 e. The van der Waals surface area contributed by atoms with Crippen LogP contribution in [0.15, 0.2) is 61.2 Å². The minimum atomic E-state index is -0.137. The molecule has 2 aromatic rings. The molecule has 0 radical (unpaired) electrons. The van der Waals surface area contributed by atoms with Crippen LogP contribution in [0.5, 0.6) is 11.5 Å². The molecule has 0 aliphatic rings. The van der Waals surface area contributed by atoms with Gasteiger partial charge in [-0.25, -0.2) is 0 Å². The quantitative estimate of drug-likeness (QED) is 0.595. The highest BCUT2D eigenvalue weighted by atomic mass is 16.5. The second-order valence-electron chi connectivity index (χ2n) is 6.32. The summed E-state index contributed by atoms with van der Waals surface area (Å²) in [5, 5.41) is 3.07. The summed E-state index contributed by atoms with van der Waals surface area (Å²) in [5.41, 5.74) is 1.73. The van der Waals surface area contributed by atoms with Gasteiger partial charge in [0.15, 0.2) is 11.5 Å². The summed E-state index contributed by atoms with van der Waals surface area (Å²) in [6.45, 7) is 10.6. The number of benzene rings is 2. The Kier molecular flexibility index (Phi) is 8.56. The molecule has 0 saturated carbocycles. The van der Waals surface area contributed by atoms with Crippen LogP contribution < -0.4 is 14.8 Å². The number of amides is 1. The van der Waals surface area contributed by atoms with Crippen LogP contribution in [0.2, 0.25) is 0 Å². The van der Waals surface area contributed by atoms with E-state index in [1.165, 1.54) is 5.56 Å². The van der Waals surface area contributed by atoms with Crippen LogP contribution >= 0.6 is 0 Å². The van der Waals surface area contributed by atoms with Crippen molar-refractivity contribution in [3.63, 3.8) is 0 Å². The maximum absolute atomic E-state index is 12.7. The summed E-state index contributed by atoms with van der Waals surface area (Å²) in [5.74, 6) is 0.976. The zero-order chi connectivity index (χ0) is 20.4. The minimum Gasteiger partial charge on any atom is -0.493 e. The van der Waals surface area contributed by atoms with Crippen LogP contribution in [0.25, 0.3) is 0 Å². The molecule has 0 spiro atoms. The van der Waals surface area contributed by atoms with E-state index in [2.05, 4.69) is 42.8 Å². The van der Waals surface area contributed by atoms with E-state index < -0.39 is 0 Å². The smallest absolute Gasteiger partial charge is 0.251 e. The lowest BCUT2D eigenvalue weighted by Gasteiger charge is -2.30. The molecule has 0 aliphatic carbocycles. The largest absolute Gasteiger partial charge is 0.493 e. The Morgan fingerprint density at radius 2 is 1.86 bits per heavy atom. The fraction of sp³-hybridized carbons (Fsp3) is 0.348. The first-order valence-electron chi connectivity index (χ1n) is 9.63. The van der Waals surface area contributed by atoms with E-state index in [0.717, 1.165) is 13.1 Å². The summed E-state index contributed by atoms with van der Waals surface area (Å²) < 4.78 is 10.9. The first kappa shape index (κ1) is 21.5. The van der Waals surface area contributed by atoms with Crippen molar-refractivity contribution in [3.05, 3.63) is 72.3 Å². The SMILES string of the molecule is C=CCOc1ccc(C(=O)NCC(c2ccccc2)N(CC)CC)cc1OC. The lowest BCUT2D eigenvalue weighted by molar-refractivity contribution is 0.0934. The lowest BCUT2D eigenvalue weighted by Crippen LogP contribution is -2.38. The van der Waals surface area contributed by atoms with Crippen molar-refractivity contribution in [2.75, 3.05) is 33.4 Å². The third-order valence-electron chi connectivity index (χ3n) is 4.68. The van der Waals surface area contributed by atoms with Gasteiger partial charge in [-0.05, 0) is 36.9 Å². The monoisotopic (exact) mass is 382 g/mol. The van der Waals surface area contributed by atoms with Gasteiger partial charge in [-0.3, -0.25) is 9.69 Å². The molecule has 28 heavy (non-hydrogen) atoms. The van der Waals surface area contributed by atoms with Gasteiger partial charge in [0, 0.05) is 12.1 Å². The number of hydrogen-bond donors (Lipinski definition) is 1. The molecule has 0 heterocycles. The van der Waals surface area contributed by atoms with E-state index in [4.69, 9.17) is 9.47 Å². The lowest BCUT2D eigenvalue weighted by atomic mass is 10.0. The predicted molar refractivity (Wildman–Crippen MR) is 113 cm³/mol. The van der Waals surface area contributed by atoms with Crippen LogP contribution in [0.4, 0.5) is 0 Å². The van der Waals surface area contributed by atoms with Gasteiger partial charge in [-0.1, -0.05) is 56.8 Å². The fourth-order valence-corrected chi connectivity index (χ4v) is 3.17. The van der Waals surface area contributed by atoms with E-state index in [1.54, 1.807) is 31.4 Å². The summed E-state index contributed by atoms with van der Waals surface area (Å²) in [6, 6.07) is 15.6. The summed E-state index contributed by atoms with van der Waals surface area (Å²) in [7, 11) is 1.56. The van der Waals surface area contributed by atoms with Gasteiger partial charge in [0.1, 0.15) is 6.61 Å². The number of hydrogen-bond acceptors (Lipinski definition) is 4. The number of methoxy groups -OCH3 is 1. The van der Waals surface area contributed by atoms with Gasteiger partial charge >= 0.3 is 0 Å². The molecular weight excluding hydrogens is 352 g/mol. The molecule has 0 bridgehead atoms. The highest BCUT2D eigenvalue weighted by molar-refractivity contribution is 5.94. The van der Waals surface area contributed by atoms with Gasteiger partial charge in [-0.2, -0.15) is 0 Å². The molecule has 5 heteroatoms. The third-order valence-corrected chi connectivity index (χ3v) is 4.68. The third kappa shape index (κ3) is 5.60. The predicted octanol–water partition coefficient (Wildman–Crippen LogP) is 4.07. The molecule has 0 saturated heterocycles. The number of carbonyl (C=O) groups excluding carboxylic acids is 1. The van der Waals surface area contributed by atoms with Crippen LogP contribution in [0.3, 0.4) is 0 Å². The average molecular weight is 383 g/mol. The Balaban J connectivity index is 2.12. The number of carbonyl (C=O) groups is 1. The molecule has 1 N–H and O–H groups in total. The molecular formula is C23H30N2O3. The number of nitrogens with zero attached hydrogens (tertiary/aromatic N) is 1. The van der Waals surface area contributed by atoms with E-state index in [0.29, 0.717) is 30.2 Å². The van der Waals surface area contributed by atoms with Gasteiger partial charge < -0.3 is 14.8 Å². The zero-order valence-electron chi connectivity index (χ0n) is 17.0. The Morgan fingerprint density at radius 3 is 2.46 bits per heavy atom. The number of rotatable bonds is 11. The van der Waals surface area contributed by atoms with E-state index in [1.807, 2.05) is 18.2 Å². The van der Waals surface area contributed by atoms with Crippen molar-refractivity contribution in [3.8, 4) is 11.5 Å². The summed E-state index contributed by atoms with van der Waals surface area (Å²) >= 11 is 0. The molecule has 0 aliphatic heterocycles. The zero-order valence-corrected chi connectivity index (χ0v) is 17.0. The molecule has 150 valence electrons. The van der Waals surface area contributed by atoms with Crippen LogP contribution in [0, 0.1) is 0 Å². The molecule has 1 amide bonds. The number of nitrogens with one attached hydrogen (secondary N) is 1. The Labute approximate surface area is 168 Å². The maximum atomic E-state index is 12.7. The second kappa shape index (κ2) is 11.1. The van der Waals surface area contributed by atoms with Crippen LogP contribution in [-0.2, 0) is 0 Å². The Bertz CT molecular complexity index is 758. The van der Waals surface area contributed by atoms with Gasteiger partial charge in [0.2, 0.25) is 0 Å². The molecule has 1 unspecified atom stereocenters. The van der Waals surface area contributed by atoms with Gasteiger partial charge in [-0.15, -0.1) is 0 Å². The fourth-order valence-electron chi connectivity index (χ4n) is 3.17. The topological polar surface area (TPSA) is 50.8 Å². The standard InChI is InChI=1S/C23H30N2O3/c1-5-15-28-21-14-13-19(16-22(21)27-4)23(26)24-17-20(25(6-2)7-3)18-11-9-8-10-12-18/h5,8-14,16,20H,1,6-7,15,17H2,2-4H3,(H,24,26). The Hall–Kier alpha value is -2.79. The second-order valence-corrected chi connectivity index (χ2v) is 6.32. The Morgan fingerprint density at radius 1 is 1.14 bits per heavy atom.